The van der Waals surface area contributed by atoms with E-state index >= 15 is 0 Å². The minimum atomic E-state index is 0. The van der Waals surface area contributed by atoms with Gasteiger partial charge in [-0.3, -0.25) is 9.89 Å². The fraction of sp³-hybridized carbons (Fsp3) is 0.923. The summed E-state index contributed by atoms with van der Waals surface area (Å²) in [6.07, 6.45) is 4.66. The molecule has 7 heteroatoms. The standard InChI is InChI=1S/C13H28N4OS.HI/c1-14-13(15-6-10-19-3)16-11-12-5-4-7-17(12)8-9-18-2;/h12H,4-11H2,1-3H3,(H2,14,15,16);1H. The molecular formula is C13H29IN4OS. The van der Waals surface area contributed by atoms with Gasteiger partial charge in [0.2, 0.25) is 0 Å². The van der Waals surface area contributed by atoms with Gasteiger partial charge in [0.1, 0.15) is 0 Å². The predicted octanol–water partition coefficient (Wildman–Crippen LogP) is 1.24. The molecule has 120 valence electrons. The van der Waals surface area contributed by atoms with E-state index in [2.05, 4.69) is 26.8 Å². The van der Waals surface area contributed by atoms with E-state index in [1.165, 1.54) is 19.4 Å². The highest BCUT2D eigenvalue weighted by Gasteiger charge is 2.23. The maximum absolute atomic E-state index is 5.16. The van der Waals surface area contributed by atoms with Crippen molar-refractivity contribution in [2.45, 2.75) is 18.9 Å². The van der Waals surface area contributed by atoms with Crippen LogP contribution in [0.3, 0.4) is 0 Å². The Hall–Kier alpha value is 0.270. The van der Waals surface area contributed by atoms with E-state index in [-0.39, 0.29) is 24.0 Å². The number of halogens is 1. The SMILES string of the molecule is CN=C(NCCSC)NCC1CCCN1CCOC.I. The number of guanidine groups is 1. The molecule has 20 heavy (non-hydrogen) atoms. The van der Waals surface area contributed by atoms with Crippen molar-refractivity contribution in [1.82, 2.24) is 15.5 Å². The van der Waals surface area contributed by atoms with Crippen molar-refractivity contribution in [3.05, 3.63) is 0 Å². The molecule has 2 N–H and O–H groups in total. The summed E-state index contributed by atoms with van der Waals surface area (Å²) >= 11 is 1.84. The highest BCUT2D eigenvalue weighted by atomic mass is 127. The molecule has 1 unspecified atom stereocenters. The number of likely N-dealkylation sites (tertiary alicyclic amines) is 1. The lowest BCUT2D eigenvalue weighted by atomic mass is 10.2. The Kier molecular flexibility index (Phi) is 13.1. The third kappa shape index (κ3) is 7.90. The van der Waals surface area contributed by atoms with Gasteiger partial charge in [-0.15, -0.1) is 24.0 Å². The third-order valence-electron chi connectivity index (χ3n) is 3.41. The lowest BCUT2D eigenvalue weighted by Crippen LogP contribution is -2.45. The summed E-state index contributed by atoms with van der Waals surface area (Å²) in [5.41, 5.74) is 0. The highest BCUT2D eigenvalue weighted by molar-refractivity contribution is 14.0. The van der Waals surface area contributed by atoms with E-state index in [0.29, 0.717) is 6.04 Å². The van der Waals surface area contributed by atoms with Gasteiger partial charge in [-0.2, -0.15) is 11.8 Å². The molecule has 1 rings (SSSR count). The topological polar surface area (TPSA) is 48.9 Å². The monoisotopic (exact) mass is 416 g/mol. The van der Waals surface area contributed by atoms with Gasteiger partial charge in [0.25, 0.3) is 0 Å². The Bertz CT molecular complexity index is 269. The van der Waals surface area contributed by atoms with Crippen LogP contribution in [0.5, 0.6) is 0 Å². The number of nitrogens with one attached hydrogen (secondary N) is 2. The second kappa shape index (κ2) is 13.0. The van der Waals surface area contributed by atoms with E-state index in [1.807, 2.05) is 18.8 Å². The van der Waals surface area contributed by atoms with Crippen LogP contribution in [0.4, 0.5) is 0 Å². The second-order valence-electron chi connectivity index (χ2n) is 4.70. The number of nitrogens with zero attached hydrogens (tertiary/aromatic N) is 2. The molecule has 5 nitrogen and oxygen atoms in total. The number of thioether (sulfide) groups is 1. The van der Waals surface area contributed by atoms with Crippen LogP contribution in [-0.4, -0.2) is 75.9 Å². The van der Waals surface area contributed by atoms with Gasteiger partial charge < -0.3 is 15.4 Å². The van der Waals surface area contributed by atoms with Gasteiger partial charge in [-0.25, -0.2) is 0 Å². The lowest BCUT2D eigenvalue weighted by molar-refractivity contribution is 0.141. The molecule has 1 heterocycles. The Morgan fingerprint density at radius 3 is 2.90 bits per heavy atom. The first-order valence-electron chi connectivity index (χ1n) is 6.98. The van der Waals surface area contributed by atoms with Crippen molar-refractivity contribution in [2.75, 3.05) is 59.0 Å². The lowest BCUT2D eigenvalue weighted by Gasteiger charge is -2.25. The second-order valence-corrected chi connectivity index (χ2v) is 5.68. The Balaban J connectivity index is 0.00000361. The summed E-state index contributed by atoms with van der Waals surface area (Å²) in [7, 11) is 3.59. The molecule has 0 aromatic carbocycles. The molecule has 0 aromatic rings. The Morgan fingerprint density at radius 1 is 1.45 bits per heavy atom. The molecular weight excluding hydrogens is 387 g/mol. The normalized spacial score (nSPS) is 19.8. The summed E-state index contributed by atoms with van der Waals surface area (Å²) in [5.74, 6) is 2.01. The molecule has 1 aliphatic heterocycles. The van der Waals surface area contributed by atoms with Crippen molar-refractivity contribution in [1.29, 1.82) is 0 Å². The molecule has 0 spiro atoms. The van der Waals surface area contributed by atoms with Gasteiger partial charge >= 0.3 is 0 Å². The number of aliphatic imine (C=N–C) groups is 1. The third-order valence-corrected chi connectivity index (χ3v) is 4.02. The van der Waals surface area contributed by atoms with E-state index in [1.54, 1.807) is 7.11 Å². The molecule has 0 saturated carbocycles. The van der Waals surface area contributed by atoms with Crippen LogP contribution in [0.1, 0.15) is 12.8 Å². The van der Waals surface area contributed by atoms with Crippen molar-refractivity contribution < 1.29 is 4.74 Å². The number of hydrogen-bond acceptors (Lipinski definition) is 4. The van der Waals surface area contributed by atoms with E-state index < -0.39 is 0 Å². The molecule has 0 aliphatic carbocycles. The van der Waals surface area contributed by atoms with Crippen LogP contribution in [0.15, 0.2) is 4.99 Å². The summed E-state index contributed by atoms with van der Waals surface area (Å²) in [5, 5.41) is 6.75. The quantitative estimate of drug-likeness (QED) is 0.270. The molecule has 1 atom stereocenters. The fourth-order valence-corrected chi connectivity index (χ4v) is 2.64. The first-order valence-corrected chi connectivity index (χ1v) is 8.37. The maximum Gasteiger partial charge on any atom is 0.191 e. The summed E-state index contributed by atoms with van der Waals surface area (Å²) < 4.78 is 5.16. The van der Waals surface area contributed by atoms with Crippen LogP contribution in [0.2, 0.25) is 0 Å². The highest BCUT2D eigenvalue weighted by Crippen LogP contribution is 2.15. The first kappa shape index (κ1) is 20.3. The van der Waals surface area contributed by atoms with Gasteiger partial charge in [0, 0.05) is 45.6 Å². The largest absolute Gasteiger partial charge is 0.383 e. The molecule has 1 fully saturated rings. The first-order chi connectivity index (χ1) is 9.31. The van der Waals surface area contributed by atoms with Gasteiger partial charge in [0.05, 0.1) is 6.61 Å². The smallest absolute Gasteiger partial charge is 0.191 e. The number of rotatable bonds is 8. The van der Waals surface area contributed by atoms with Crippen LogP contribution in [0, 0.1) is 0 Å². The summed E-state index contributed by atoms with van der Waals surface area (Å²) in [6, 6.07) is 0.606. The Labute approximate surface area is 144 Å². The van der Waals surface area contributed by atoms with Gasteiger partial charge in [-0.05, 0) is 25.6 Å². The molecule has 1 saturated heterocycles. The fourth-order valence-electron chi connectivity index (χ4n) is 2.34. The van der Waals surface area contributed by atoms with Crippen molar-refractivity contribution in [2.24, 2.45) is 4.99 Å². The summed E-state index contributed by atoms with van der Waals surface area (Å²) in [6.45, 7) is 4.95. The van der Waals surface area contributed by atoms with Gasteiger partial charge in [0.15, 0.2) is 5.96 Å². The van der Waals surface area contributed by atoms with Gasteiger partial charge in [-0.1, -0.05) is 0 Å². The minimum absolute atomic E-state index is 0. The van der Waals surface area contributed by atoms with Crippen LogP contribution >= 0.6 is 35.7 Å². The average Bonchev–Trinajstić information content (AvgIpc) is 2.88. The van der Waals surface area contributed by atoms with Crippen LogP contribution < -0.4 is 10.6 Å². The number of methoxy groups -OCH3 is 1. The molecule has 0 amide bonds. The summed E-state index contributed by atoms with van der Waals surface area (Å²) in [4.78, 5) is 6.76. The minimum Gasteiger partial charge on any atom is -0.383 e. The molecule has 0 aromatic heterocycles. The van der Waals surface area contributed by atoms with Crippen LogP contribution in [0.25, 0.3) is 0 Å². The molecule has 0 bridgehead atoms. The van der Waals surface area contributed by atoms with Crippen molar-refractivity contribution in [3.8, 4) is 0 Å². The zero-order valence-corrected chi connectivity index (χ0v) is 16.0. The number of ether oxygens (including phenoxy) is 1. The molecule has 0 radical (unpaired) electrons. The van der Waals surface area contributed by atoms with Crippen LogP contribution in [-0.2, 0) is 4.74 Å². The number of hydrogen-bond donors (Lipinski definition) is 2. The average molecular weight is 416 g/mol. The maximum atomic E-state index is 5.16. The Morgan fingerprint density at radius 2 is 2.25 bits per heavy atom. The van der Waals surface area contributed by atoms with Crippen molar-refractivity contribution >= 4 is 41.7 Å². The van der Waals surface area contributed by atoms with E-state index in [0.717, 1.165) is 38.0 Å². The predicted molar refractivity (Wildman–Crippen MR) is 99.6 cm³/mol. The van der Waals surface area contributed by atoms with Crippen molar-refractivity contribution in [3.63, 3.8) is 0 Å². The van der Waals surface area contributed by atoms with E-state index in [9.17, 15) is 0 Å². The van der Waals surface area contributed by atoms with E-state index in [4.69, 9.17) is 4.74 Å². The zero-order valence-electron chi connectivity index (χ0n) is 12.9. The zero-order chi connectivity index (χ0) is 13.9. The molecule has 1 aliphatic rings.